The summed E-state index contributed by atoms with van der Waals surface area (Å²) in [6.45, 7) is 20.3. The Morgan fingerprint density at radius 1 is 0.733 bits per heavy atom. The van der Waals surface area contributed by atoms with Gasteiger partial charge in [-0.3, -0.25) is 0 Å². The molecule has 2 rings (SSSR count). The van der Waals surface area contributed by atoms with Crippen molar-refractivity contribution in [3.8, 4) is 0 Å². The Morgan fingerprint density at radius 2 is 1.30 bits per heavy atom. The zero-order chi connectivity index (χ0) is 22.6. The number of hydrogen-bond donors (Lipinski definition) is 2. The van der Waals surface area contributed by atoms with E-state index in [-0.39, 0.29) is 16.4 Å². The van der Waals surface area contributed by atoms with Crippen LogP contribution in [0.5, 0.6) is 0 Å². The molecule has 5 heteroatoms. The summed E-state index contributed by atoms with van der Waals surface area (Å²) in [6, 6.07) is 0.798. The topological polar surface area (TPSA) is 62.7 Å². The minimum absolute atomic E-state index is 0.0215. The van der Waals surface area contributed by atoms with E-state index in [0.29, 0.717) is 12.1 Å². The third kappa shape index (κ3) is 5.93. The second-order valence-corrected chi connectivity index (χ2v) is 10.8. The number of anilines is 1. The third-order valence-electron chi connectivity index (χ3n) is 7.77. The highest BCUT2D eigenvalue weighted by molar-refractivity contribution is 5.31. The fraction of sp³-hybridized carbons (Fsp3) is 0.880. The quantitative estimate of drug-likeness (QED) is 0.479. The lowest BCUT2D eigenvalue weighted by Crippen LogP contribution is -2.54. The molecule has 30 heavy (non-hydrogen) atoms. The average molecular weight is 418 g/mol. The van der Waals surface area contributed by atoms with E-state index >= 15 is 0 Å². The van der Waals surface area contributed by atoms with E-state index < -0.39 is 0 Å². The maximum absolute atomic E-state index is 5.00. The molecule has 2 N–H and O–H groups in total. The first kappa shape index (κ1) is 25.0. The van der Waals surface area contributed by atoms with Crippen LogP contribution in [0.3, 0.4) is 0 Å². The van der Waals surface area contributed by atoms with Gasteiger partial charge in [-0.15, -0.1) is 0 Å². The molecule has 1 fully saturated rings. The molecule has 5 nitrogen and oxygen atoms in total. The smallest absolute Gasteiger partial charge is 0.226 e. The molecule has 0 radical (unpaired) electrons. The molecular formula is C25H47N5. The van der Waals surface area contributed by atoms with Gasteiger partial charge in [-0.2, -0.15) is 9.97 Å². The summed E-state index contributed by atoms with van der Waals surface area (Å²) in [6.07, 6.45) is 9.08. The SMILES string of the molecule is CCC(C)(C)NC1CCCCC1Nc1nc(C(C)(C)CC)nc(C(C)(CC)CC)n1. The second-order valence-electron chi connectivity index (χ2n) is 10.8. The standard InChI is InChI=1S/C25H47N5/c1-10-23(5,6)20-27-21(25(9,12-3)13-4)29-22(28-20)26-18-16-14-15-17-19(18)30-24(7,8)11-2/h18-19,30H,10-17H2,1-9H3,(H,26,27,28,29). The molecule has 0 saturated heterocycles. The number of aromatic nitrogens is 3. The molecule has 0 aliphatic heterocycles. The summed E-state index contributed by atoms with van der Waals surface area (Å²) >= 11 is 0. The van der Waals surface area contributed by atoms with Gasteiger partial charge in [-0.05, 0) is 52.4 Å². The molecule has 0 spiro atoms. The average Bonchev–Trinajstić information content (AvgIpc) is 2.74. The van der Waals surface area contributed by atoms with Crippen molar-refractivity contribution >= 4 is 5.95 Å². The van der Waals surface area contributed by atoms with E-state index in [1.54, 1.807) is 0 Å². The Hall–Kier alpha value is -1.23. The highest BCUT2D eigenvalue weighted by Gasteiger charge is 2.33. The van der Waals surface area contributed by atoms with Crippen molar-refractivity contribution in [1.29, 1.82) is 0 Å². The molecule has 1 aliphatic carbocycles. The third-order valence-corrected chi connectivity index (χ3v) is 7.77. The van der Waals surface area contributed by atoms with Gasteiger partial charge < -0.3 is 10.6 Å². The predicted molar refractivity (Wildman–Crippen MR) is 128 cm³/mol. The Labute approximate surface area is 185 Å². The highest BCUT2D eigenvalue weighted by atomic mass is 15.2. The predicted octanol–water partition coefficient (Wildman–Crippen LogP) is 6.14. The van der Waals surface area contributed by atoms with Gasteiger partial charge in [0.25, 0.3) is 0 Å². The van der Waals surface area contributed by atoms with Gasteiger partial charge in [-0.1, -0.05) is 61.3 Å². The minimum atomic E-state index is -0.0646. The fourth-order valence-electron chi connectivity index (χ4n) is 3.98. The molecule has 0 amide bonds. The lowest BCUT2D eigenvalue weighted by molar-refractivity contribution is 0.257. The van der Waals surface area contributed by atoms with Gasteiger partial charge in [0.05, 0.1) is 0 Å². The van der Waals surface area contributed by atoms with Crippen LogP contribution in [0, 0.1) is 0 Å². The first-order chi connectivity index (χ1) is 14.0. The highest BCUT2D eigenvalue weighted by Crippen LogP contribution is 2.32. The van der Waals surface area contributed by atoms with Crippen LogP contribution >= 0.6 is 0 Å². The van der Waals surface area contributed by atoms with Crippen LogP contribution in [-0.2, 0) is 10.8 Å². The van der Waals surface area contributed by atoms with E-state index in [0.717, 1.165) is 49.7 Å². The molecule has 2 unspecified atom stereocenters. The van der Waals surface area contributed by atoms with Gasteiger partial charge in [0.15, 0.2) is 0 Å². The lowest BCUT2D eigenvalue weighted by atomic mass is 9.83. The van der Waals surface area contributed by atoms with Gasteiger partial charge in [-0.25, -0.2) is 4.98 Å². The molecule has 1 aromatic rings. The van der Waals surface area contributed by atoms with Crippen LogP contribution in [0.15, 0.2) is 0 Å². The zero-order valence-corrected chi connectivity index (χ0v) is 21.2. The molecule has 2 atom stereocenters. The molecule has 1 aromatic heterocycles. The Bertz CT molecular complexity index is 678. The molecule has 1 heterocycles. The number of nitrogens with one attached hydrogen (secondary N) is 2. The van der Waals surface area contributed by atoms with Crippen LogP contribution in [0.4, 0.5) is 5.95 Å². The van der Waals surface area contributed by atoms with E-state index in [9.17, 15) is 0 Å². The molecule has 0 aromatic carbocycles. The van der Waals surface area contributed by atoms with E-state index in [4.69, 9.17) is 15.0 Å². The molecule has 172 valence electrons. The monoisotopic (exact) mass is 417 g/mol. The van der Waals surface area contributed by atoms with Crippen molar-refractivity contribution in [3.63, 3.8) is 0 Å². The maximum atomic E-state index is 5.00. The lowest BCUT2D eigenvalue weighted by Gasteiger charge is -2.39. The van der Waals surface area contributed by atoms with Crippen LogP contribution in [-0.4, -0.2) is 32.6 Å². The normalized spacial score (nSPS) is 21.0. The van der Waals surface area contributed by atoms with Crippen molar-refractivity contribution in [2.75, 3.05) is 5.32 Å². The van der Waals surface area contributed by atoms with Crippen LogP contribution in [0.25, 0.3) is 0 Å². The summed E-state index contributed by atoms with van der Waals surface area (Å²) in [5.41, 5.74) is 0.0574. The van der Waals surface area contributed by atoms with Crippen LogP contribution in [0.1, 0.15) is 125 Å². The molecular weight excluding hydrogens is 370 g/mol. The first-order valence-corrected chi connectivity index (χ1v) is 12.3. The van der Waals surface area contributed by atoms with Gasteiger partial charge in [0, 0.05) is 28.5 Å². The van der Waals surface area contributed by atoms with Crippen LogP contribution < -0.4 is 10.6 Å². The zero-order valence-electron chi connectivity index (χ0n) is 21.2. The molecule has 1 saturated carbocycles. The van der Waals surface area contributed by atoms with Crippen molar-refractivity contribution in [2.24, 2.45) is 0 Å². The van der Waals surface area contributed by atoms with Crippen molar-refractivity contribution in [1.82, 2.24) is 20.3 Å². The summed E-state index contributed by atoms with van der Waals surface area (Å²) in [5, 5.41) is 7.65. The Kier molecular flexibility index (Phi) is 8.29. The fourth-order valence-corrected chi connectivity index (χ4v) is 3.98. The number of hydrogen-bond acceptors (Lipinski definition) is 5. The molecule has 0 bridgehead atoms. The molecule has 1 aliphatic rings. The summed E-state index contributed by atoms with van der Waals surface area (Å²) in [4.78, 5) is 14.9. The van der Waals surface area contributed by atoms with Crippen molar-refractivity contribution in [2.45, 2.75) is 142 Å². The number of rotatable bonds is 10. The van der Waals surface area contributed by atoms with Crippen LogP contribution in [0.2, 0.25) is 0 Å². The largest absolute Gasteiger partial charge is 0.350 e. The van der Waals surface area contributed by atoms with Gasteiger partial charge >= 0.3 is 0 Å². The van der Waals surface area contributed by atoms with Crippen molar-refractivity contribution in [3.05, 3.63) is 11.6 Å². The maximum Gasteiger partial charge on any atom is 0.226 e. The summed E-state index contributed by atoms with van der Waals surface area (Å²) in [5.74, 6) is 2.62. The summed E-state index contributed by atoms with van der Waals surface area (Å²) in [7, 11) is 0. The van der Waals surface area contributed by atoms with E-state index in [1.165, 1.54) is 19.3 Å². The van der Waals surface area contributed by atoms with Crippen molar-refractivity contribution < 1.29 is 0 Å². The first-order valence-electron chi connectivity index (χ1n) is 12.3. The minimum Gasteiger partial charge on any atom is -0.350 e. The number of nitrogens with zero attached hydrogens (tertiary/aromatic N) is 3. The van der Waals surface area contributed by atoms with Gasteiger partial charge in [0.1, 0.15) is 11.6 Å². The Morgan fingerprint density at radius 3 is 1.83 bits per heavy atom. The second kappa shape index (κ2) is 9.93. The summed E-state index contributed by atoms with van der Waals surface area (Å²) < 4.78 is 0. The van der Waals surface area contributed by atoms with E-state index in [2.05, 4.69) is 72.9 Å². The van der Waals surface area contributed by atoms with E-state index in [1.807, 2.05) is 0 Å². The van der Waals surface area contributed by atoms with Gasteiger partial charge in [0.2, 0.25) is 5.95 Å². The Balaban J connectivity index is 2.40.